The lowest BCUT2D eigenvalue weighted by molar-refractivity contribution is 0.661. The van der Waals surface area contributed by atoms with E-state index in [9.17, 15) is 0 Å². The van der Waals surface area contributed by atoms with Crippen molar-refractivity contribution in [3.05, 3.63) is 17.3 Å². The summed E-state index contributed by atoms with van der Waals surface area (Å²) in [5.74, 6) is 2.68. The predicted octanol–water partition coefficient (Wildman–Crippen LogP) is 3.71. The van der Waals surface area contributed by atoms with Crippen molar-refractivity contribution in [1.29, 1.82) is 0 Å². The monoisotopic (exact) mass is 303 g/mol. The summed E-state index contributed by atoms with van der Waals surface area (Å²) in [5.41, 5.74) is 1.09. The van der Waals surface area contributed by atoms with Gasteiger partial charge in [0.2, 0.25) is 0 Å². The highest BCUT2D eigenvalue weighted by Crippen LogP contribution is 2.27. The van der Waals surface area contributed by atoms with Gasteiger partial charge in [0.05, 0.1) is 11.6 Å². The summed E-state index contributed by atoms with van der Waals surface area (Å²) in [5, 5.41) is 2.04. The average Bonchev–Trinajstić information content (AvgIpc) is 2.94. The highest BCUT2D eigenvalue weighted by atomic mass is 35.5. The van der Waals surface area contributed by atoms with E-state index in [0.717, 1.165) is 22.9 Å². The molecular weight excluding hydrogens is 286 g/mol. The maximum Gasteiger partial charge on any atom is 0.195 e. The third-order valence-corrected chi connectivity index (χ3v) is 4.86. The Balaban J connectivity index is 2.26. The molecule has 2 aromatic rings. The summed E-state index contributed by atoms with van der Waals surface area (Å²) in [4.78, 5) is 7.95. The lowest BCUT2D eigenvalue weighted by Crippen LogP contribution is -2.30. The van der Waals surface area contributed by atoms with Gasteiger partial charge >= 0.3 is 0 Å². The van der Waals surface area contributed by atoms with E-state index in [4.69, 9.17) is 11.6 Å². The third-order valence-electron chi connectivity index (χ3n) is 3.20. The standard InChI is InChI=1S/C12H18ClN3S2/c1-9(4-6-17-3)15(2)11-10(8-13)16-5-7-18-12(16)14-11/h5,7,9H,4,6,8H2,1-3H3. The number of imidazole rings is 1. The SMILES string of the molecule is CSCCC(C)N(C)c1nc2sccn2c1CCl. The molecule has 0 fully saturated rings. The molecule has 0 radical (unpaired) electrons. The van der Waals surface area contributed by atoms with E-state index in [2.05, 4.69) is 34.5 Å². The van der Waals surface area contributed by atoms with Crippen molar-refractivity contribution < 1.29 is 0 Å². The Morgan fingerprint density at radius 1 is 1.61 bits per heavy atom. The number of halogens is 1. The topological polar surface area (TPSA) is 20.5 Å². The number of thioether (sulfide) groups is 1. The number of anilines is 1. The van der Waals surface area contributed by atoms with Crippen LogP contribution in [-0.2, 0) is 5.88 Å². The van der Waals surface area contributed by atoms with Crippen molar-refractivity contribution in [3.63, 3.8) is 0 Å². The van der Waals surface area contributed by atoms with E-state index >= 15 is 0 Å². The molecule has 2 rings (SSSR count). The van der Waals surface area contributed by atoms with Crippen molar-refractivity contribution in [3.8, 4) is 0 Å². The Kier molecular flexibility index (Phi) is 4.81. The van der Waals surface area contributed by atoms with Gasteiger partial charge in [-0.15, -0.1) is 22.9 Å². The normalized spacial score (nSPS) is 13.1. The maximum atomic E-state index is 6.08. The first-order chi connectivity index (χ1) is 8.69. The summed E-state index contributed by atoms with van der Waals surface area (Å²) >= 11 is 9.61. The molecule has 0 aliphatic carbocycles. The fourth-order valence-corrected chi connectivity index (χ4v) is 3.47. The van der Waals surface area contributed by atoms with Crippen LogP contribution in [0.15, 0.2) is 11.6 Å². The molecule has 1 unspecified atom stereocenters. The van der Waals surface area contributed by atoms with Crippen molar-refractivity contribution in [2.75, 3.05) is 24.0 Å². The minimum Gasteiger partial charge on any atom is -0.355 e. The fraction of sp³-hybridized carbons (Fsp3) is 0.583. The smallest absolute Gasteiger partial charge is 0.195 e. The number of aromatic nitrogens is 2. The Morgan fingerprint density at radius 3 is 3.06 bits per heavy atom. The quantitative estimate of drug-likeness (QED) is 0.759. The van der Waals surface area contributed by atoms with Gasteiger partial charge in [-0.05, 0) is 25.4 Å². The Bertz CT molecular complexity index is 508. The second-order valence-electron chi connectivity index (χ2n) is 4.31. The van der Waals surface area contributed by atoms with Crippen molar-refractivity contribution in [2.45, 2.75) is 25.3 Å². The Labute approximate surface area is 121 Å². The van der Waals surface area contributed by atoms with E-state index in [0.29, 0.717) is 11.9 Å². The van der Waals surface area contributed by atoms with Crippen LogP contribution in [0, 0.1) is 0 Å². The molecule has 0 saturated heterocycles. The van der Waals surface area contributed by atoms with E-state index < -0.39 is 0 Å². The molecular formula is C12H18ClN3S2. The fourth-order valence-electron chi connectivity index (χ4n) is 1.92. The van der Waals surface area contributed by atoms with Gasteiger partial charge in [-0.3, -0.25) is 4.40 Å². The largest absolute Gasteiger partial charge is 0.355 e. The Hall–Kier alpha value is -0.390. The Morgan fingerprint density at radius 2 is 2.39 bits per heavy atom. The minimum absolute atomic E-state index is 0.476. The van der Waals surface area contributed by atoms with Crippen molar-refractivity contribution in [2.24, 2.45) is 0 Å². The zero-order valence-corrected chi connectivity index (χ0v) is 13.3. The van der Waals surface area contributed by atoms with Gasteiger partial charge in [0.25, 0.3) is 0 Å². The summed E-state index contributed by atoms with van der Waals surface area (Å²) < 4.78 is 2.09. The van der Waals surface area contributed by atoms with E-state index in [-0.39, 0.29) is 0 Å². The lowest BCUT2D eigenvalue weighted by atomic mass is 10.2. The molecule has 0 N–H and O–H groups in total. The zero-order chi connectivity index (χ0) is 13.1. The first-order valence-electron chi connectivity index (χ1n) is 5.91. The van der Waals surface area contributed by atoms with Gasteiger partial charge < -0.3 is 4.90 Å². The van der Waals surface area contributed by atoms with Crippen LogP contribution in [0.5, 0.6) is 0 Å². The average molecular weight is 304 g/mol. The van der Waals surface area contributed by atoms with Crippen LogP contribution in [0.1, 0.15) is 19.0 Å². The molecule has 0 saturated carbocycles. The first-order valence-corrected chi connectivity index (χ1v) is 8.72. The summed E-state index contributed by atoms with van der Waals surface area (Å²) in [6, 6.07) is 0.476. The van der Waals surface area contributed by atoms with E-state index in [1.165, 1.54) is 5.75 Å². The van der Waals surface area contributed by atoms with E-state index in [1.807, 2.05) is 23.3 Å². The molecule has 18 heavy (non-hydrogen) atoms. The van der Waals surface area contributed by atoms with E-state index in [1.54, 1.807) is 11.3 Å². The summed E-state index contributed by atoms with van der Waals surface area (Å²) in [6.07, 6.45) is 5.34. The molecule has 0 aromatic carbocycles. The van der Waals surface area contributed by atoms with Gasteiger partial charge in [-0.2, -0.15) is 11.8 Å². The van der Waals surface area contributed by atoms with Crippen LogP contribution >= 0.6 is 34.7 Å². The predicted molar refractivity (Wildman–Crippen MR) is 83.5 cm³/mol. The van der Waals surface area contributed by atoms with Gasteiger partial charge in [0.15, 0.2) is 10.8 Å². The molecule has 2 aromatic heterocycles. The second kappa shape index (κ2) is 6.17. The number of hydrogen-bond donors (Lipinski definition) is 0. The number of thiazole rings is 1. The number of nitrogens with zero attached hydrogens (tertiary/aromatic N) is 3. The second-order valence-corrected chi connectivity index (χ2v) is 6.44. The van der Waals surface area contributed by atoms with Crippen LogP contribution in [0.25, 0.3) is 4.96 Å². The van der Waals surface area contributed by atoms with Crippen molar-refractivity contribution >= 4 is 45.5 Å². The number of fused-ring (bicyclic) bond motifs is 1. The highest BCUT2D eigenvalue weighted by Gasteiger charge is 2.19. The molecule has 0 aliphatic rings. The van der Waals surface area contributed by atoms with Crippen LogP contribution < -0.4 is 4.90 Å². The van der Waals surface area contributed by atoms with Crippen molar-refractivity contribution in [1.82, 2.24) is 9.38 Å². The van der Waals surface area contributed by atoms with Gasteiger partial charge in [0.1, 0.15) is 0 Å². The first kappa shape index (κ1) is 14.0. The minimum atomic E-state index is 0.476. The molecule has 1 atom stereocenters. The number of alkyl halides is 1. The lowest BCUT2D eigenvalue weighted by Gasteiger charge is -2.25. The molecule has 2 heterocycles. The maximum absolute atomic E-state index is 6.08. The van der Waals surface area contributed by atoms with Crippen LogP contribution in [0.4, 0.5) is 5.82 Å². The molecule has 0 amide bonds. The van der Waals surface area contributed by atoms with Gasteiger partial charge in [0, 0.05) is 24.7 Å². The molecule has 100 valence electrons. The van der Waals surface area contributed by atoms with Gasteiger partial charge in [-0.25, -0.2) is 4.98 Å². The molecule has 3 nitrogen and oxygen atoms in total. The van der Waals surface area contributed by atoms with Crippen LogP contribution in [0.3, 0.4) is 0 Å². The molecule has 0 spiro atoms. The summed E-state index contributed by atoms with van der Waals surface area (Å²) in [6.45, 7) is 2.24. The number of hydrogen-bond acceptors (Lipinski definition) is 4. The van der Waals surface area contributed by atoms with Crippen LogP contribution in [0.2, 0.25) is 0 Å². The summed E-state index contributed by atoms with van der Waals surface area (Å²) in [7, 11) is 2.10. The molecule has 0 aliphatic heterocycles. The highest BCUT2D eigenvalue weighted by molar-refractivity contribution is 7.98. The van der Waals surface area contributed by atoms with Gasteiger partial charge in [-0.1, -0.05) is 0 Å². The molecule has 6 heteroatoms. The molecule has 0 bridgehead atoms. The van der Waals surface area contributed by atoms with Crippen LogP contribution in [-0.4, -0.2) is 34.5 Å². The zero-order valence-electron chi connectivity index (χ0n) is 10.9. The number of rotatable bonds is 6. The third kappa shape index (κ3) is 2.63.